The van der Waals surface area contributed by atoms with Crippen molar-refractivity contribution >= 4 is 0 Å². The highest BCUT2D eigenvalue weighted by Gasteiger charge is 2.14. The van der Waals surface area contributed by atoms with Crippen molar-refractivity contribution in [2.24, 2.45) is 0 Å². The Morgan fingerprint density at radius 2 is 1.79 bits per heavy atom. The van der Waals surface area contributed by atoms with Crippen molar-refractivity contribution in [1.82, 2.24) is 0 Å². The lowest BCUT2D eigenvalue weighted by molar-refractivity contribution is 0.409. The number of aryl methyl sites for hydroxylation is 1. The van der Waals surface area contributed by atoms with Crippen molar-refractivity contribution in [2.75, 3.05) is 7.11 Å². The third kappa shape index (κ3) is 2.90. The van der Waals surface area contributed by atoms with Crippen LogP contribution in [0.3, 0.4) is 0 Å². The zero-order valence-electron chi connectivity index (χ0n) is 11.5. The van der Waals surface area contributed by atoms with Crippen molar-refractivity contribution in [2.45, 2.75) is 26.2 Å². The summed E-state index contributed by atoms with van der Waals surface area (Å²) in [6.45, 7) is 2.15. The molecule has 100 valence electrons. The van der Waals surface area contributed by atoms with Gasteiger partial charge in [0.15, 0.2) is 0 Å². The first-order valence-corrected chi connectivity index (χ1v) is 6.72. The van der Waals surface area contributed by atoms with Gasteiger partial charge in [-0.25, -0.2) is 0 Å². The molecule has 0 radical (unpaired) electrons. The van der Waals surface area contributed by atoms with Gasteiger partial charge in [-0.15, -0.1) is 0 Å². The maximum atomic E-state index is 10.5. The van der Waals surface area contributed by atoms with Crippen LogP contribution in [0.15, 0.2) is 42.5 Å². The second-order valence-electron chi connectivity index (χ2n) is 4.62. The molecule has 0 saturated carbocycles. The highest BCUT2D eigenvalue weighted by atomic mass is 16.5. The van der Waals surface area contributed by atoms with Gasteiger partial charge >= 0.3 is 0 Å². The Hall–Kier alpha value is -1.96. The van der Waals surface area contributed by atoms with Crippen LogP contribution in [0.25, 0.3) is 11.1 Å². The lowest BCUT2D eigenvalue weighted by atomic mass is 9.97. The van der Waals surface area contributed by atoms with Gasteiger partial charge in [-0.05, 0) is 30.0 Å². The molecule has 0 aromatic heterocycles. The molecule has 19 heavy (non-hydrogen) atoms. The van der Waals surface area contributed by atoms with Crippen LogP contribution in [0, 0.1) is 0 Å². The monoisotopic (exact) mass is 256 g/mol. The van der Waals surface area contributed by atoms with Crippen molar-refractivity contribution in [1.29, 1.82) is 0 Å². The van der Waals surface area contributed by atoms with E-state index >= 15 is 0 Å². The maximum Gasteiger partial charge on any atom is 0.130 e. The first-order chi connectivity index (χ1) is 9.27. The maximum absolute atomic E-state index is 10.5. The second-order valence-corrected chi connectivity index (χ2v) is 4.62. The second kappa shape index (κ2) is 6.28. The summed E-state index contributed by atoms with van der Waals surface area (Å²) in [5, 5.41) is 10.5. The van der Waals surface area contributed by atoms with Crippen LogP contribution in [0.1, 0.15) is 25.3 Å². The molecule has 0 bridgehead atoms. The fourth-order valence-corrected chi connectivity index (χ4v) is 2.24. The van der Waals surface area contributed by atoms with Gasteiger partial charge in [0.2, 0.25) is 0 Å². The van der Waals surface area contributed by atoms with Crippen LogP contribution in [-0.2, 0) is 6.42 Å². The first kappa shape index (κ1) is 13.5. The third-order valence-electron chi connectivity index (χ3n) is 3.31. The van der Waals surface area contributed by atoms with Crippen LogP contribution in [0.5, 0.6) is 11.5 Å². The number of rotatable bonds is 5. The van der Waals surface area contributed by atoms with E-state index in [9.17, 15) is 5.11 Å². The van der Waals surface area contributed by atoms with Crippen LogP contribution in [0.2, 0.25) is 0 Å². The number of unbranched alkanes of at least 4 members (excludes halogenated alkanes) is 1. The fourth-order valence-electron chi connectivity index (χ4n) is 2.24. The summed E-state index contributed by atoms with van der Waals surface area (Å²) >= 11 is 0. The number of phenols is 1. The first-order valence-electron chi connectivity index (χ1n) is 6.72. The molecule has 2 rings (SSSR count). The van der Waals surface area contributed by atoms with E-state index in [2.05, 4.69) is 6.92 Å². The van der Waals surface area contributed by atoms with E-state index in [0.29, 0.717) is 11.5 Å². The standard InChI is InChI=1S/C17H20O2/c1-3-4-8-14-11-12-15(19-2)16(17(14)18)13-9-6-5-7-10-13/h5-7,9-12,18H,3-4,8H2,1-2H3. The summed E-state index contributed by atoms with van der Waals surface area (Å²) in [6, 6.07) is 13.8. The van der Waals surface area contributed by atoms with Crippen molar-refractivity contribution in [3.8, 4) is 22.6 Å². The minimum absolute atomic E-state index is 0.346. The van der Waals surface area contributed by atoms with Gasteiger partial charge in [0.25, 0.3) is 0 Å². The molecule has 0 aliphatic heterocycles. The Morgan fingerprint density at radius 3 is 2.42 bits per heavy atom. The molecule has 0 atom stereocenters. The summed E-state index contributed by atoms with van der Waals surface area (Å²) in [5.41, 5.74) is 2.76. The Balaban J connectivity index is 2.50. The van der Waals surface area contributed by atoms with Crippen molar-refractivity contribution < 1.29 is 9.84 Å². The normalized spacial score (nSPS) is 10.4. The summed E-state index contributed by atoms with van der Waals surface area (Å²) in [5.74, 6) is 1.06. The van der Waals surface area contributed by atoms with Gasteiger partial charge in [-0.3, -0.25) is 0 Å². The van der Waals surface area contributed by atoms with Gasteiger partial charge in [0.05, 0.1) is 12.7 Å². The van der Waals surface area contributed by atoms with Gasteiger partial charge < -0.3 is 9.84 Å². The highest BCUT2D eigenvalue weighted by Crippen LogP contribution is 2.40. The minimum atomic E-state index is 0.346. The molecule has 0 aliphatic carbocycles. The molecule has 2 aromatic rings. The predicted molar refractivity (Wildman–Crippen MR) is 78.7 cm³/mol. The van der Waals surface area contributed by atoms with Crippen LogP contribution in [-0.4, -0.2) is 12.2 Å². The average molecular weight is 256 g/mol. The van der Waals surface area contributed by atoms with Gasteiger partial charge in [-0.2, -0.15) is 0 Å². The van der Waals surface area contributed by atoms with Gasteiger partial charge in [0.1, 0.15) is 11.5 Å². The number of phenolic OH excluding ortho intramolecular Hbond substituents is 1. The lowest BCUT2D eigenvalue weighted by Gasteiger charge is -2.14. The van der Waals surface area contributed by atoms with E-state index in [1.807, 2.05) is 42.5 Å². The zero-order chi connectivity index (χ0) is 13.7. The SMILES string of the molecule is CCCCc1ccc(OC)c(-c2ccccc2)c1O. The van der Waals surface area contributed by atoms with E-state index in [-0.39, 0.29) is 0 Å². The molecular weight excluding hydrogens is 236 g/mol. The number of ether oxygens (including phenoxy) is 1. The van der Waals surface area contributed by atoms with Crippen LogP contribution >= 0.6 is 0 Å². The summed E-state index contributed by atoms with van der Waals surface area (Å²) in [4.78, 5) is 0. The lowest BCUT2D eigenvalue weighted by Crippen LogP contribution is -1.93. The van der Waals surface area contributed by atoms with E-state index < -0.39 is 0 Å². The Labute approximate surface area is 114 Å². The Kier molecular flexibility index (Phi) is 4.45. The van der Waals surface area contributed by atoms with Crippen LogP contribution < -0.4 is 4.74 Å². The molecule has 0 spiro atoms. The summed E-state index contributed by atoms with van der Waals surface area (Å²) in [7, 11) is 1.63. The summed E-state index contributed by atoms with van der Waals surface area (Å²) < 4.78 is 5.38. The molecular formula is C17H20O2. The molecule has 0 fully saturated rings. The van der Waals surface area contributed by atoms with E-state index in [1.165, 1.54) is 0 Å². The van der Waals surface area contributed by atoms with Gasteiger partial charge in [-0.1, -0.05) is 49.7 Å². The Morgan fingerprint density at radius 1 is 1.05 bits per heavy atom. The van der Waals surface area contributed by atoms with E-state index in [4.69, 9.17) is 4.74 Å². The number of hydrogen-bond donors (Lipinski definition) is 1. The van der Waals surface area contributed by atoms with E-state index in [1.54, 1.807) is 7.11 Å². The van der Waals surface area contributed by atoms with Crippen molar-refractivity contribution in [3.63, 3.8) is 0 Å². The molecule has 0 heterocycles. The number of benzene rings is 2. The minimum Gasteiger partial charge on any atom is -0.507 e. The third-order valence-corrected chi connectivity index (χ3v) is 3.31. The smallest absolute Gasteiger partial charge is 0.130 e. The number of aromatic hydroxyl groups is 1. The zero-order valence-corrected chi connectivity index (χ0v) is 11.5. The van der Waals surface area contributed by atoms with Crippen molar-refractivity contribution in [3.05, 3.63) is 48.0 Å². The van der Waals surface area contributed by atoms with Crippen LogP contribution in [0.4, 0.5) is 0 Å². The number of methoxy groups -OCH3 is 1. The largest absolute Gasteiger partial charge is 0.507 e. The molecule has 2 nitrogen and oxygen atoms in total. The highest BCUT2D eigenvalue weighted by molar-refractivity contribution is 5.78. The molecule has 2 aromatic carbocycles. The molecule has 2 heteroatoms. The molecule has 0 saturated heterocycles. The predicted octanol–water partition coefficient (Wildman–Crippen LogP) is 4.41. The van der Waals surface area contributed by atoms with Gasteiger partial charge in [0, 0.05) is 0 Å². The quantitative estimate of drug-likeness (QED) is 0.858. The molecule has 0 aliphatic rings. The fraction of sp³-hybridized carbons (Fsp3) is 0.294. The molecule has 0 unspecified atom stereocenters. The Bertz CT molecular complexity index is 532. The number of hydrogen-bond acceptors (Lipinski definition) is 2. The van der Waals surface area contributed by atoms with E-state index in [0.717, 1.165) is 36.0 Å². The average Bonchev–Trinajstić information content (AvgIpc) is 2.46. The molecule has 1 N–H and O–H groups in total. The topological polar surface area (TPSA) is 29.5 Å². The summed E-state index contributed by atoms with van der Waals surface area (Å²) in [6.07, 6.45) is 3.09. The molecule has 0 amide bonds.